The quantitative estimate of drug-likeness (QED) is 0.358. The number of hydrogen-bond donors (Lipinski definition) is 0. The summed E-state index contributed by atoms with van der Waals surface area (Å²) in [5.74, 6) is -1.25. The predicted octanol–water partition coefficient (Wildman–Crippen LogP) is 2.88. The first kappa shape index (κ1) is 24.9. The highest BCUT2D eigenvalue weighted by atomic mass is 32.2. The molecule has 1 aromatic carbocycles. The Morgan fingerprint density at radius 1 is 1.06 bits per heavy atom. The van der Waals surface area contributed by atoms with Crippen LogP contribution in [-0.2, 0) is 30.9 Å². The van der Waals surface area contributed by atoms with Gasteiger partial charge in [0.15, 0.2) is 30.6 Å². The minimum atomic E-state index is -3.95. The summed E-state index contributed by atoms with van der Waals surface area (Å²) in [4.78, 5) is 29.6. The molecule has 8 nitrogen and oxygen atoms in total. The van der Waals surface area contributed by atoms with E-state index in [0.717, 1.165) is 28.5 Å². The number of thiophene rings is 1. The number of carbonyl (C=O) groups excluding carboxylic acids is 1. The van der Waals surface area contributed by atoms with Gasteiger partial charge in [-0.15, -0.1) is 0 Å². The first-order chi connectivity index (χ1) is 16.3. The number of carbonyl (C=O) groups is 1. The summed E-state index contributed by atoms with van der Waals surface area (Å²) < 4.78 is 63.4. The topological polar surface area (TPSA) is 120 Å². The van der Waals surface area contributed by atoms with Gasteiger partial charge in [0.2, 0.25) is 0 Å². The maximum Gasteiger partial charge on any atom is 0.264 e. The van der Waals surface area contributed by atoms with Crippen molar-refractivity contribution in [3.05, 3.63) is 81.5 Å². The van der Waals surface area contributed by atoms with Gasteiger partial charge in [-0.05, 0) is 42.8 Å². The Hall–Kier alpha value is -3.22. The van der Waals surface area contributed by atoms with Gasteiger partial charge >= 0.3 is 0 Å². The molecule has 0 unspecified atom stereocenters. The van der Waals surface area contributed by atoms with E-state index < -0.39 is 41.9 Å². The van der Waals surface area contributed by atoms with E-state index in [9.17, 15) is 30.8 Å². The second-order valence-corrected chi connectivity index (χ2v) is 13.3. The zero-order chi connectivity index (χ0) is 25.5. The third kappa shape index (κ3) is 5.24. The number of aromatic nitrogens is 2. The third-order valence-electron chi connectivity index (χ3n) is 5.20. The van der Waals surface area contributed by atoms with Gasteiger partial charge in [-0.2, -0.15) is 4.39 Å². The largest absolute Gasteiger partial charge is 0.298 e. The highest BCUT2D eigenvalue weighted by Gasteiger charge is 2.22. The van der Waals surface area contributed by atoms with Gasteiger partial charge in [-0.25, -0.2) is 21.8 Å². The summed E-state index contributed by atoms with van der Waals surface area (Å²) in [5, 5.41) is -0.119. The molecule has 12 heteroatoms. The fraction of sp³-hybridized carbons (Fsp3) is 0.174. The molecular weight excluding hydrogens is 515 g/mol. The Bertz CT molecular complexity index is 1740. The molecule has 0 bridgehead atoms. The minimum Gasteiger partial charge on any atom is -0.298 e. The number of benzene rings is 1. The van der Waals surface area contributed by atoms with Gasteiger partial charge in [-0.3, -0.25) is 14.2 Å². The van der Waals surface area contributed by atoms with Crippen molar-refractivity contribution in [1.29, 1.82) is 0 Å². The third-order valence-corrected chi connectivity index (χ3v) is 9.45. The van der Waals surface area contributed by atoms with Crippen molar-refractivity contribution in [2.75, 3.05) is 12.0 Å². The number of hydrogen-bond acceptors (Lipinski definition) is 8. The van der Waals surface area contributed by atoms with E-state index in [0.29, 0.717) is 22.3 Å². The van der Waals surface area contributed by atoms with E-state index in [1.165, 1.54) is 24.5 Å². The van der Waals surface area contributed by atoms with E-state index in [1.54, 1.807) is 25.1 Å². The molecule has 182 valence electrons. The molecule has 0 saturated carbocycles. The summed E-state index contributed by atoms with van der Waals surface area (Å²) in [6.45, 7) is 1.79. The van der Waals surface area contributed by atoms with E-state index in [-0.39, 0.29) is 26.7 Å². The average Bonchev–Trinajstić information content (AvgIpc) is 3.21. The van der Waals surface area contributed by atoms with Crippen molar-refractivity contribution in [3.8, 4) is 5.82 Å². The molecule has 0 radical (unpaired) electrons. The van der Waals surface area contributed by atoms with Crippen molar-refractivity contribution in [1.82, 2.24) is 9.55 Å². The number of nitrogens with zero attached hydrogens (tertiary/aromatic N) is 2. The molecule has 0 atom stereocenters. The highest BCUT2D eigenvalue weighted by Crippen LogP contribution is 2.24. The maximum absolute atomic E-state index is 13.1. The average molecular weight is 535 g/mol. The summed E-state index contributed by atoms with van der Waals surface area (Å²) >= 11 is 0.454. The second kappa shape index (κ2) is 9.10. The van der Waals surface area contributed by atoms with Crippen molar-refractivity contribution in [2.24, 2.45) is 0 Å². The van der Waals surface area contributed by atoms with Crippen LogP contribution in [0.25, 0.3) is 16.6 Å². The summed E-state index contributed by atoms with van der Waals surface area (Å²) in [5.41, 5.74) is 0.745. The fourth-order valence-corrected chi connectivity index (χ4v) is 6.78. The van der Waals surface area contributed by atoms with Crippen molar-refractivity contribution in [3.63, 3.8) is 0 Å². The normalized spacial score (nSPS) is 12.2. The van der Waals surface area contributed by atoms with Crippen LogP contribution in [0.4, 0.5) is 4.39 Å². The van der Waals surface area contributed by atoms with Gasteiger partial charge in [0.1, 0.15) is 15.8 Å². The minimum absolute atomic E-state index is 0.0212. The maximum atomic E-state index is 13.1. The van der Waals surface area contributed by atoms with Crippen LogP contribution >= 0.6 is 11.3 Å². The van der Waals surface area contributed by atoms with Gasteiger partial charge in [0.05, 0.1) is 4.90 Å². The molecule has 4 aromatic rings. The molecule has 0 N–H and O–H groups in total. The number of sulfone groups is 2. The number of pyridine rings is 2. The molecule has 0 aliphatic carbocycles. The Balaban J connectivity index is 1.63. The first-order valence-electron chi connectivity index (χ1n) is 10.2. The molecular formula is C23H19FN2O6S3. The van der Waals surface area contributed by atoms with Crippen molar-refractivity contribution >= 4 is 47.6 Å². The summed E-state index contributed by atoms with van der Waals surface area (Å²) in [6, 6.07) is 10.00. The van der Waals surface area contributed by atoms with Crippen molar-refractivity contribution in [2.45, 2.75) is 22.4 Å². The van der Waals surface area contributed by atoms with Crippen LogP contribution in [-0.4, -0.2) is 44.2 Å². The number of halogens is 1. The van der Waals surface area contributed by atoms with Crippen LogP contribution in [0, 0.1) is 12.1 Å². The summed E-state index contributed by atoms with van der Waals surface area (Å²) in [7, 11) is -7.62. The molecule has 0 fully saturated rings. The Morgan fingerprint density at radius 2 is 1.80 bits per heavy atom. The number of rotatable bonds is 7. The highest BCUT2D eigenvalue weighted by molar-refractivity contribution is 7.94. The van der Waals surface area contributed by atoms with Crippen LogP contribution in [0.15, 0.2) is 68.8 Å². The van der Waals surface area contributed by atoms with Crippen LogP contribution < -0.4 is 5.56 Å². The Kier molecular flexibility index (Phi) is 6.47. The summed E-state index contributed by atoms with van der Waals surface area (Å²) in [6.07, 6.45) is 3.36. The molecule has 0 aliphatic rings. The Labute approximate surface area is 204 Å². The van der Waals surface area contributed by atoms with E-state index in [1.807, 2.05) is 0 Å². The van der Waals surface area contributed by atoms with Gasteiger partial charge in [0.25, 0.3) is 5.56 Å². The molecule has 3 aromatic heterocycles. The number of Topliss-reactive ketones (excluding diaryl/α,β-unsaturated/α-hetero) is 1. The van der Waals surface area contributed by atoms with Gasteiger partial charge in [-0.1, -0.05) is 29.0 Å². The molecule has 0 saturated heterocycles. The number of ketones is 1. The molecule has 35 heavy (non-hydrogen) atoms. The lowest BCUT2D eigenvalue weighted by Crippen LogP contribution is -2.21. The van der Waals surface area contributed by atoms with Crippen LogP contribution in [0.3, 0.4) is 0 Å². The monoisotopic (exact) mass is 534 g/mol. The van der Waals surface area contributed by atoms with Gasteiger partial charge in [0, 0.05) is 35.8 Å². The second-order valence-electron chi connectivity index (χ2n) is 8.05. The number of fused-ring (bicyclic) bond motifs is 1. The SMILES string of the molecule is Cc1ccc2c(=O)n(-c3ccc(CC(=O)CS(=O)(=O)c4ccc(F)s4)cn3)cc(S(C)(=O)=O)c2c1. The van der Waals surface area contributed by atoms with E-state index >= 15 is 0 Å². The first-order valence-corrected chi connectivity index (χ1v) is 14.5. The zero-order valence-electron chi connectivity index (χ0n) is 18.6. The Morgan fingerprint density at radius 3 is 2.40 bits per heavy atom. The smallest absolute Gasteiger partial charge is 0.264 e. The van der Waals surface area contributed by atoms with Gasteiger partial charge < -0.3 is 0 Å². The van der Waals surface area contributed by atoms with Crippen LogP contribution in [0.2, 0.25) is 0 Å². The lowest BCUT2D eigenvalue weighted by molar-refractivity contribution is -0.116. The lowest BCUT2D eigenvalue weighted by Gasteiger charge is -2.12. The molecule has 4 rings (SSSR count). The fourth-order valence-electron chi connectivity index (χ4n) is 3.58. The molecule has 0 spiro atoms. The van der Waals surface area contributed by atoms with Crippen LogP contribution in [0.1, 0.15) is 11.1 Å². The van der Waals surface area contributed by atoms with Crippen molar-refractivity contribution < 1.29 is 26.0 Å². The molecule has 0 amide bonds. The zero-order valence-corrected chi connectivity index (χ0v) is 21.0. The van der Waals surface area contributed by atoms with Crippen LogP contribution in [0.5, 0.6) is 0 Å². The van der Waals surface area contributed by atoms with E-state index in [4.69, 9.17) is 0 Å². The molecule has 3 heterocycles. The molecule has 0 aliphatic heterocycles. The lowest BCUT2D eigenvalue weighted by atomic mass is 10.1. The predicted molar refractivity (Wildman–Crippen MR) is 130 cm³/mol. The number of aryl methyl sites for hydroxylation is 1. The standard InChI is InChI=1S/C23H19FN2O6S3/c1-14-3-5-17-18(9-14)19(34(2,29)30)12-26(23(17)28)21-7-4-15(11-25-21)10-16(27)13-35(31,32)22-8-6-20(24)33-22/h3-9,11-12H,10,13H2,1-2H3. The van der Waals surface area contributed by atoms with E-state index in [2.05, 4.69) is 4.98 Å².